The number of nitrogens with one attached hydrogen (secondary N) is 1. The molecule has 1 aliphatic heterocycles. The van der Waals surface area contributed by atoms with E-state index >= 15 is 0 Å². The maximum Gasteiger partial charge on any atom is 0.303 e. The van der Waals surface area contributed by atoms with Gasteiger partial charge in [0.2, 0.25) is 0 Å². The maximum atomic E-state index is 10.6. The van der Waals surface area contributed by atoms with Crippen LogP contribution >= 0.6 is 0 Å². The number of likely N-dealkylation sites (N-methyl/N-ethyl adjacent to an activating group) is 1. The monoisotopic (exact) mass is 256 g/mol. The summed E-state index contributed by atoms with van der Waals surface area (Å²) in [6.45, 7) is 7.67. The normalized spacial score (nSPS) is 25.6. The van der Waals surface area contributed by atoms with E-state index in [4.69, 9.17) is 5.11 Å². The van der Waals surface area contributed by atoms with Crippen molar-refractivity contribution in [1.82, 2.24) is 10.2 Å². The maximum absolute atomic E-state index is 10.6. The molecule has 0 radical (unpaired) electrons. The van der Waals surface area contributed by atoms with Gasteiger partial charge in [-0.25, -0.2) is 0 Å². The predicted octanol–water partition coefficient (Wildman–Crippen LogP) is 1.81. The Labute approximate surface area is 111 Å². The molecule has 2 unspecified atom stereocenters. The fourth-order valence-corrected chi connectivity index (χ4v) is 2.70. The van der Waals surface area contributed by atoms with Crippen LogP contribution in [0.4, 0.5) is 0 Å². The van der Waals surface area contributed by atoms with Gasteiger partial charge in [0.25, 0.3) is 0 Å². The minimum absolute atomic E-state index is 0.303. The van der Waals surface area contributed by atoms with Crippen molar-refractivity contribution >= 4 is 5.97 Å². The molecule has 0 amide bonds. The van der Waals surface area contributed by atoms with Gasteiger partial charge in [-0.2, -0.15) is 0 Å². The van der Waals surface area contributed by atoms with Gasteiger partial charge < -0.3 is 15.3 Å². The average Bonchev–Trinajstić information content (AvgIpc) is 2.25. The van der Waals surface area contributed by atoms with Gasteiger partial charge >= 0.3 is 5.97 Å². The van der Waals surface area contributed by atoms with Crippen LogP contribution in [0.1, 0.15) is 39.5 Å². The van der Waals surface area contributed by atoms with E-state index in [1.807, 2.05) is 0 Å². The Morgan fingerprint density at radius 2 is 2.17 bits per heavy atom. The molecule has 0 saturated carbocycles. The van der Waals surface area contributed by atoms with Gasteiger partial charge in [0, 0.05) is 25.6 Å². The zero-order valence-corrected chi connectivity index (χ0v) is 12.0. The van der Waals surface area contributed by atoms with Crippen molar-refractivity contribution in [2.75, 3.05) is 26.7 Å². The number of nitrogens with zero attached hydrogens (tertiary/aromatic N) is 1. The number of hydrogen-bond donors (Lipinski definition) is 2. The first-order valence-electron chi connectivity index (χ1n) is 7.11. The standard InChI is InChI=1S/C14H28N2O2/c1-11(2)6-7-15-13-8-12(4-5-14(17)18)9-16(3)10-13/h11-13,15H,4-10H2,1-3H3,(H,17,18). The van der Waals surface area contributed by atoms with E-state index in [0.29, 0.717) is 18.4 Å². The van der Waals surface area contributed by atoms with E-state index in [1.165, 1.54) is 6.42 Å². The van der Waals surface area contributed by atoms with Crippen LogP contribution in [0.2, 0.25) is 0 Å². The molecule has 1 heterocycles. The molecule has 1 saturated heterocycles. The molecule has 0 aromatic carbocycles. The molecule has 1 aliphatic rings. The third-order valence-electron chi connectivity index (χ3n) is 3.64. The lowest BCUT2D eigenvalue weighted by Gasteiger charge is -2.36. The third-order valence-corrected chi connectivity index (χ3v) is 3.64. The summed E-state index contributed by atoms with van der Waals surface area (Å²) >= 11 is 0. The highest BCUT2D eigenvalue weighted by molar-refractivity contribution is 5.66. The van der Waals surface area contributed by atoms with Crippen molar-refractivity contribution in [3.05, 3.63) is 0 Å². The lowest BCUT2D eigenvalue weighted by Crippen LogP contribution is -2.48. The Morgan fingerprint density at radius 1 is 1.44 bits per heavy atom. The Balaban J connectivity index is 2.28. The van der Waals surface area contributed by atoms with Gasteiger partial charge in [0.1, 0.15) is 0 Å². The molecule has 2 atom stereocenters. The van der Waals surface area contributed by atoms with Crippen LogP contribution in [-0.2, 0) is 4.79 Å². The summed E-state index contributed by atoms with van der Waals surface area (Å²) in [6.07, 6.45) is 3.44. The van der Waals surface area contributed by atoms with Crippen LogP contribution < -0.4 is 5.32 Å². The summed E-state index contributed by atoms with van der Waals surface area (Å²) in [5, 5.41) is 12.4. The van der Waals surface area contributed by atoms with Gasteiger partial charge in [-0.3, -0.25) is 4.79 Å². The second-order valence-corrected chi connectivity index (χ2v) is 6.09. The number of rotatable bonds is 7. The first-order valence-corrected chi connectivity index (χ1v) is 7.11. The Hall–Kier alpha value is -0.610. The van der Waals surface area contributed by atoms with Crippen molar-refractivity contribution in [1.29, 1.82) is 0 Å². The number of likely N-dealkylation sites (tertiary alicyclic amines) is 1. The molecule has 0 aromatic rings. The average molecular weight is 256 g/mol. The van der Waals surface area contributed by atoms with Gasteiger partial charge in [0.05, 0.1) is 0 Å². The zero-order valence-electron chi connectivity index (χ0n) is 12.0. The SMILES string of the molecule is CC(C)CCNC1CC(CCC(=O)O)CN(C)C1. The highest BCUT2D eigenvalue weighted by atomic mass is 16.4. The first-order chi connectivity index (χ1) is 8.47. The van der Waals surface area contributed by atoms with Gasteiger partial charge in [-0.05, 0) is 44.7 Å². The van der Waals surface area contributed by atoms with Gasteiger partial charge in [0.15, 0.2) is 0 Å². The van der Waals surface area contributed by atoms with E-state index in [9.17, 15) is 4.79 Å². The van der Waals surface area contributed by atoms with E-state index in [-0.39, 0.29) is 0 Å². The van der Waals surface area contributed by atoms with E-state index < -0.39 is 5.97 Å². The second kappa shape index (κ2) is 7.74. The van der Waals surface area contributed by atoms with Crippen LogP contribution in [0.25, 0.3) is 0 Å². The first kappa shape index (κ1) is 15.4. The van der Waals surface area contributed by atoms with Crippen molar-refractivity contribution in [2.45, 2.75) is 45.6 Å². The molecule has 18 heavy (non-hydrogen) atoms. The largest absolute Gasteiger partial charge is 0.481 e. The predicted molar refractivity (Wildman–Crippen MR) is 73.7 cm³/mol. The lowest BCUT2D eigenvalue weighted by molar-refractivity contribution is -0.137. The van der Waals surface area contributed by atoms with E-state index in [1.54, 1.807) is 0 Å². The summed E-state index contributed by atoms with van der Waals surface area (Å²) < 4.78 is 0. The van der Waals surface area contributed by atoms with Crippen molar-refractivity contribution in [2.24, 2.45) is 11.8 Å². The minimum atomic E-state index is -0.674. The highest BCUT2D eigenvalue weighted by Gasteiger charge is 2.25. The number of carbonyl (C=O) groups is 1. The molecule has 1 rings (SSSR count). The summed E-state index contributed by atoms with van der Waals surface area (Å²) in [7, 11) is 2.13. The molecule has 4 nitrogen and oxygen atoms in total. The molecule has 4 heteroatoms. The van der Waals surface area contributed by atoms with Crippen LogP contribution in [0, 0.1) is 11.8 Å². The fourth-order valence-electron chi connectivity index (χ4n) is 2.70. The number of aliphatic carboxylic acids is 1. The Kier molecular flexibility index (Phi) is 6.65. The van der Waals surface area contributed by atoms with Gasteiger partial charge in [-0.15, -0.1) is 0 Å². The van der Waals surface area contributed by atoms with Crippen molar-refractivity contribution < 1.29 is 9.90 Å². The Morgan fingerprint density at radius 3 is 2.78 bits per heavy atom. The summed E-state index contributed by atoms with van der Waals surface area (Å²) in [5.41, 5.74) is 0. The molecule has 0 aromatic heterocycles. The lowest BCUT2D eigenvalue weighted by atomic mass is 9.90. The summed E-state index contributed by atoms with van der Waals surface area (Å²) in [4.78, 5) is 12.9. The fraction of sp³-hybridized carbons (Fsp3) is 0.929. The number of carboxylic acids is 1. The summed E-state index contributed by atoms with van der Waals surface area (Å²) in [5.74, 6) is 0.588. The molecule has 1 fully saturated rings. The van der Waals surface area contributed by atoms with Crippen LogP contribution in [0.15, 0.2) is 0 Å². The van der Waals surface area contributed by atoms with Crippen molar-refractivity contribution in [3.63, 3.8) is 0 Å². The molecular weight excluding hydrogens is 228 g/mol. The van der Waals surface area contributed by atoms with Crippen LogP contribution in [0.3, 0.4) is 0 Å². The van der Waals surface area contributed by atoms with E-state index in [0.717, 1.165) is 38.4 Å². The molecule has 0 spiro atoms. The quantitative estimate of drug-likeness (QED) is 0.729. The minimum Gasteiger partial charge on any atom is -0.481 e. The smallest absolute Gasteiger partial charge is 0.303 e. The topological polar surface area (TPSA) is 52.6 Å². The van der Waals surface area contributed by atoms with Crippen molar-refractivity contribution in [3.8, 4) is 0 Å². The van der Waals surface area contributed by atoms with E-state index in [2.05, 4.69) is 31.1 Å². The molecule has 2 N–H and O–H groups in total. The molecule has 0 aliphatic carbocycles. The highest BCUT2D eigenvalue weighted by Crippen LogP contribution is 2.20. The second-order valence-electron chi connectivity index (χ2n) is 6.09. The summed E-state index contributed by atoms with van der Waals surface area (Å²) in [6, 6.07) is 0.529. The Bertz CT molecular complexity index is 256. The van der Waals surface area contributed by atoms with Crippen LogP contribution in [-0.4, -0.2) is 48.7 Å². The molecule has 0 bridgehead atoms. The van der Waals surface area contributed by atoms with Crippen LogP contribution in [0.5, 0.6) is 0 Å². The molecular formula is C14H28N2O2. The number of piperidine rings is 1. The number of carboxylic acid groups (broad SMARTS) is 1. The third kappa shape index (κ3) is 6.36. The number of hydrogen-bond acceptors (Lipinski definition) is 3. The molecule has 106 valence electrons. The zero-order chi connectivity index (χ0) is 13.5. The van der Waals surface area contributed by atoms with Gasteiger partial charge in [-0.1, -0.05) is 13.8 Å².